The number of fused-ring (bicyclic) bond motifs is 1. The Morgan fingerprint density at radius 1 is 1.14 bits per heavy atom. The number of benzene rings is 1. The Morgan fingerprint density at radius 3 is 2.50 bits per heavy atom. The summed E-state index contributed by atoms with van der Waals surface area (Å²) < 4.78 is 3.43. The summed E-state index contributed by atoms with van der Waals surface area (Å²) in [6.07, 6.45) is 2.15. The van der Waals surface area contributed by atoms with Crippen LogP contribution in [-0.4, -0.2) is 4.57 Å². The summed E-state index contributed by atoms with van der Waals surface area (Å²) >= 11 is 3.50. The molecule has 0 N–H and O–H groups in total. The molecule has 1 aromatic heterocycles. The molecular weight excluding hydrogens is 238 g/mol. The van der Waals surface area contributed by atoms with E-state index in [1.807, 2.05) is 0 Å². The molecule has 0 saturated carbocycles. The molecule has 0 aliphatic heterocycles. The highest BCUT2D eigenvalue weighted by atomic mass is 79.9. The molecule has 0 spiro atoms. The fourth-order valence-corrected chi connectivity index (χ4v) is 2.04. The minimum Gasteiger partial charge on any atom is -0.342 e. The van der Waals surface area contributed by atoms with Crippen LogP contribution in [0.5, 0.6) is 0 Å². The van der Waals surface area contributed by atoms with Crippen LogP contribution in [0.15, 0.2) is 34.9 Å². The maximum Gasteiger partial charge on any atom is 0.0496 e. The molecule has 0 amide bonds. The number of halogens is 1. The largest absolute Gasteiger partial charge is 0.342 e. The molecule has 1 nitrogen and oxygen atoms in total. The molecule has 2 aromatic rings. The van der Waals surface area contributed by atoms with Crippen LogP contribution in [0.2, 0.25) is 0 Å². The molecule has 1 aromatic carbocycles. The molecule has 74 valence electrons. The van der Waals surface area contributed by atoms with Crippen molar-refractivity contribution in [1.29, 1.82) is 0 Å². The van der Waals surface area contributed by atoms with Crippen molar-refractivity contribution in [1.82, 2.24) is 4.57 Å². The first-order chi connectivity index (χ1) is 6.48. The van der Waals surface area contributed by atoms with E-state index in [4.69, 9.17) is 0 Å². The van der Waals surface area contributed by atoms with Gasteiger partial charge in [-0.15, -0.1) is 0 Å². The summed E-state index contributed by atoms with van der Waals surface area (Å²) in [5, 5.41) is 1.29. The molecule has 0 radical (unpaired) electrons. The highest BCUT2D eigenvalue weighted by Crippen LogP contribution is 2.26. The summed E-state index contributed by atoms with van der Waals surface area (Å²) in [6.45, 7) is 6.65. The highest BCUT2D eigenvalue weighted by molar-refractivity contribution is 9.10. The van der Waals surface area contributed by atoms with Crippen molar-refractivity contribution in [3.63, 3.8) is 0 Å². The fraction of sp³-hybridized carbons (Fsp3) is 0.333. The van der Waals surface area contributed by atoms with Crippen LogP contribution in [0, 0.1) is 0 Å². The van der Waals surface area contributed by atoms with E-state index < -0.39 is 0 Å². The van der Waals surface area contributed by atoms with E-state index >= 15 is 0 Å². The number of aromatic nitrogens is 1. The van der Waals surface area contributed by atoms with E-state index in [2.05, 4.69) is 71.7 Å². The number of hydrogen-bond acceptors (Lipinski definition) is 0. The highest BCUT2D eigenvalue weighted by Gasteiger charge is 2.14. The topological polar surface area (TPSA) is 4.93 Å². The lowest BCUT2D eigenvalue weighted by Crippen LogP contribution is -2.20. The van der Waals surface area contributed by atoms with Crippen LogP contribution >= 0.6 is 15.9 Å². The van der Waals surface area contributed by atoms with Gasteiger partial charge in [-0.05, 0) is 44.4 Å². The van der Waals surface area contributed by atoms with E-state index in [-0.39, 0.29) is 5.54 Å². The van der Waals surface area contributed by atoms with Gasteiger partial charge in [-0.1, -0.05) is 22.0 Å². The standard InChI is InChI=1S/C12H14BrN/c1-12(2,3)14-7-6-9-4-5-10(13)8-11(9)14/h4-8H,1-3H3. The van der Waals surface area contributed by atoms with Gasteiger partial charge in [0.2, 0.25) is 0 Å². The summed E-state index contributed by atoms with van der Waals surface area (Å²) in [7, 11) is 0. The van der Waals surface area contributed by atoms with Gasteiger partial charge in [0.05, 0.1) is 0 Å². The summed E-state index contributed by atoms with van der Waals surface area (Å²) in [6, 6.07) is 8.55. The molecule has 0 atom stereocenters. The monoisotopic (exact) mass is 251 g/mol. The van der Waals surface area contributed by atoms with Gasteiger partial charge in [0.1, 0.15) is 0 Å². The Kier molecular flexibility index (Phi) is 2.18. The quantitative estimate of drug-likeness (QED) is 0.663. The van der Waals surface area contributed by atoms with Crippen molar-refractivity contribution < 1.29 is 0 Å². The second-order valence-electron chi connectivity index (χ2n) is 4.56. The Morgan fingerprint density at radius 2 is 1.86 bits per heavy atom. The molecule has 0 unspecified atom stereocenters. The van der Waals surface area contributed by atoms with Crippen molar-refractivity contribution in [3.8, 4) is 0 Å². The molecule has 0 saturated heterocycles. The molecular formula is C12H14BrN. The fourth-order valence-electron chi connectivity index (χ4n) is 1.69. The molecule has 0 aliphatic rings. The second-order valence-corrected chi connectivity index (χ2v) is 5.48. The number of nitrogens with zero attached hydrogens (tertiary/aromatic N) is 1. The maximum atomic E-state index is 3.50. The van der Waals surface area contributed by atoms with Gasteiger partial charge in [-0.25, -0.2) is 0 Å². The lowest BCUT2D eigenvalue weighted by molar-refractivity contribution is 0.411. The van der Waals surface area contributed by atoms with E-state index in [0.717, 1.165) is 4.47 Å². The third-order valence-corrected chi connectivity index (χ3v) is 2.87. The van der Waals surface area contributed by atoms with E-state index in [0.29, 0.717) is 0 Å². The van der Waals surface area contributed by atoms with Crippen LogP contribution in [0.1, 0.15) is 20.8 Å². The Bertz CT molecular complexity index is 463. The van der Waals surface area contributed by atoms with Gasteiger partial charge in [-0.2, -0.15) is 0 Å². The van der Waals surface area contributed by atoms with Gasteiger partial charge in [-0.3, -0.25) is 0 Å². The summed E-state index contributed by atoms with van der Waals surface area (Å²) in [5.41, 5.74) is 1.43. The minimum absolute atomic E-state index is 0.141. The molecule has 2 rings (SSSR count). The zero-order valence-corrected chi connectivity index (χ0v) is 10.3. The van der Waals surface area contributed by atoms with E-state index in [9.17, 15) is 0 Å². The predicted octanol–water partition coefficient (Wildman–Crippen LogP) is 4.16. The van der Waals surface area contributed by atoms with Gasteiger partial charge in [0, 0.05) is 21.7 Å². The van der Waals surface area contributed by atoms with Crippen molar-refractivity contribution >= 4 is 26.8 Å². The molecule has 1 heterocycles. The first kappa shape index (κ1) is 9.78. The minimum atomic E-state index is 0.141. The lowest BCUT2D eigenvalue weighted by Gasteiger charge is -2.22. The van der Waals surface area contributed by atoms with Crippen molar-refractivity contribution in [2.24, 2.45) is 0 Å². The third-order valence-electron chi connectivity index (χ3n) is 2.38. The van der Waals surface area contributed by atoms with Crippen LogP contribution in [-0.2, 0) is 5.54 Å². The van der Waals surface area contributed by atoms with Gasteiger partial charge < -0.3 is 4.57 Å². The average Bonchev–Trinajstić information content (AvgIpc) is 2.45. The van der Waals surface area contributed by atoms with Gasteiger partial charge >= 0.3 is 0 Å². The average molecular weight is 252 g/mol. The van der Waals surface area contributed by atoms with Crippen LogP contribution in [0.4, 0.5) is 0 Å². The van der Waals surface area contributed by atoms with E-state index in [1.165, 1.54) is 10.9 Å². The zero-order valence-electron chi connectivity index (χ0n) is 8.71. The van der Waals surface area contributed by atoms with Crippen LogP contribution in [0.3, 0.4) is 0 Å². The lowest BCUT2D eigenvalue weighted by atomic mass is 10.1. The molecule has 0 aliphatic carbocycles. The maximum absolute atomic E-state index is 3.50. The summed E-state index contributed by atoms with van der Waals surface area (Å²) in [5.74, 6) is 0. The smallest absolute Gasteiger partial charge is 0.0496 e. The Balaban J connectivity index is 2.73. The van der Waals surface area contributed by atoms with E-state index in [1.54, 1.807) is 0 Å². The zero-order chi connectivity index (χ0) is 10.3. The third kappa shape index (κ3) is 1.59. The van der Waals surface area contributed by atoms with Crippen molar-refractivity contribution in [3.05, 3.63) is 34.9 Å². The van der Waals surface area contributed by atoms with Crippen molar-refractivity contribution in [2.75, 3.05) is 0 Å². The molecule has 2 heteroatoms. The van der Waals surface area contributed by atoms with Gasteiger partial charge in [0.25, 0.3) is 0 Å². The molecule has 14 heavy (non-hydrogen) atoms. The summed E-state index contributed by atoms with van der Waals surface area (Å²) in [4.78, 5) is 0. The Labute approximate surface area is 92.9 Å². The van der Waals surface area contributed by atoms with Crippen molar-refractivity contribution in [2.45, 2.75) is 26.3 Å². The first-order valence-corrected chi connectivity index (χ1v) is 5.55. The van der Waals surface area contributed by atoms with Crippen LogP contribution < -0.4 is 0 Å². The molecule has 0 fully saturated rings. The molecule has 0 bridgehead atoms. The number of hydrogen-bond donors (Lipinski definition) is 0. The Hall–Kier alpha value is -0.760. The van der Waals surface area contributed by atoms with Crippen LogP contribution in [0.25, 0.3) is 10.9 Å². The van der Waals surface area contributed by atoms with Gasteiger partial charge in [0.15, 0.2) is 0 Å². The second kappa shape index (κ2) is 3.13. The first-order valence-electron chi connectivity index (χ1n) is 4.75. The normalized spacial score (nSPS) is 12.3. The predicted molar refractivity (Wildman–Crippen MR) is 64.6 cm³/mol. The SMILES string of the molecule is CC(C)(C)n1ccc2ccc(Br)cc21. The number of rotatable bonds is 0.